The molecule has 0 aliphatic rings. The van der Waals surface area contributed by atoms with Gasteiger partial charge in [0, 0.05) is 18.9 Å². The predicted octanol–water partition coefficient (Wildman–Crippen LogP) is 1.19. The van der Waals surface area contributed by atoms with E-state index >= 15 is 0 Å². The van der Waals surface area contributed by atoms with Crippen molar-refractivity contribution in [2.24, 2.45) is 17.6 Å². The largest absolute Gasteiger partial charge is 0.386 e. The van der Waals surface area contributed by atoms with Crippen LogP contribution >= 0.6 is 0 Å². The van der Waals surface area contributed by atoms with Crippen LogP contribution in [0, 0.1) is 11.8 Å². The molecule has 4 N–H and O–H groups in total. The molecule has 116 valence electrons. The van der Waals surface area contributed by atoms with Gasteiger partial charge in [0.25, 0.3) is 0 Å². The maximum atomic E-state index is 12.2. The van der Waals surface area contributed by atoms with Gasteiger partial charge in [-0.15, -0.1) is 0 Å². The number of Topliss-reactive ketones (excluding diaryl/α,β-unsaturated/α-hetero) is 2. The second kappa shape index (κ2) is 9.53. The lowest BCUT2D eigenvalue weighted by Gasteiger charge is -2.21. The standard InChI is InChI=1S/C15H29N3O2/c1-10(2)15(17-5)14(20)9-13(11(3)19)7-6-8-18-12(4)16/h10,13,15,17-18H,4,6-9,16H2,1-3,5H3/t13-,15+/m1/s1. The molecule has 0 aromatic rings. The molecule has 0 amide bonds. The number of likely N-dealkylation sites (N-methyl/N-ethyl adjacent to an activating group) is 1. The Labute approximate surface area is 122 Å². The molecule has 0 spiro atoms. The Morgan fingerprint density at radius 2 is 1.90 bits per heavy atom. The van der Waals surface area contributed by atoms with Crippen LogP contribution in [0.5, 0.6) is 0 Å². The third kappa shape index (κ3) is 7.28. The first-order valence-electron chi connectivity index (χ1n) is 7.18. The van der Waals surface area contributed by atoms with E-state index in [-0.39, 0.29) is 29.4 Å². The summed E-state index contributed by atoms with van der Waals surface area (Å²) in [4.78, 5) is 23.9. The van der Waals surface area contributed by atoms with Gasteiger partial charge in [-0.1, -0.05) is 20.4 Å². The zero-order chi connectivity index (χ0) is 15.7. The van der Waals surface area contributed by atoms with Crippen LogP contribution in [-0.2, 0) is 9.59 Å². The van der Waals surface area contributed by atoms with Crippen molar-refractivity contribution in [1.29, 1.82) is 0 Å². The van der Waals surface area contributed by atoms with Gasteiger partial charge in [0.1, 0.15) is 5.78 Å². The zero-order valence-corrected chi connectivity index (χ0v) is 13.2. The van der Waals surface area contributed by atoms with E-state index in [4.69, 9.17) is 5.73 Å². The molecule has 0 unspecified atom stereocenters. The highest BCUT2D eigenvalue weighted by molar-refractivity contribution is 5.89. The Morgan fingerprint density at radius 1 is 1.30 bits per heavy atom. The third-order valence-electron chi connectivity index (χ3n) is 3.43. The Kier molecular flexibility index (Phi) is 8.88. The monoisotopic (exact) mass is 283 g/mol. The van der Waals surface area contributed by atoms with Crippen LogP contribution in [0.15, 0.2) is 12.4 Å². The summed E-state index contributed by atoms with van der Waals surface area (Å²) in [6.45, 7) is 9.77. The molecule has 0 bridgehead atoms. The molecule has 0 aliphatic carbocycles. The summed E-state index contributed by atoms with van der Waals surface area (Å²) in [5.74, 6) is 0.630. The van der Waals surface area contributed by atoms with Crippen LogP contribution in [0.4, 0.5) is 0 Å². The summed E-state index contributed by atoms with van der Waals surface area (Å²) < 4.78 is 0. The van der Waals surface area contributed by atoms with E-state index in [1.807, 2.05) is 13.8 Å². The van der Waals surface area contributed by atoms with Crippen molar-refractivity contribution >= 4 is 11.6 Å². The number of hydrogen-bond donors (Lipinski definition) is 3. The Balaban J connectivity index is 4.36. The summed E-state index contributed by atoms with van der Waals surface area (Å²) >= 11 is 0. The van der Waals surface area contributed by atoms with Crippen LogP contribution in [-0.4, -0.2) is 31.2 Å². The fourth-order valence-corrected chi connectivity index (χ4v) is 2.28. The van der Waals surface area contributed by atoms with E-state index in [0.29, 0.717) is 25.2 Å². The highest BCUT2D eigenvalue weighted by Gasteiger charge is 2.25. The molecule has 0 aliphatic heterocycles. The fourth-order valence-electron chi connectivity index (χ4n) is 2.28. The third-order valence-corrected chi connectivity index (χ3v) is 3.43. The van der Waals surface area contributed by atoms with Crippen LogP contribution in [0.25, 0.3) is 0 Å². The number of hydrogen-bond acceptors (Lipinski definition) is 5. The second-order valence-electron chi connectivity index (χ2n) is 5.58. The van der Waals surface area contributed by atoms with E-state index in [2.05, 4.69) is 17.2 Å². The van der Waals surface area contributed by atoms with Crippen molar-refractivity contribution in [2.75, 3.05) is 13.6 Å². The molecule has 0 saturated heterocycles. The molecule has 0 saturated carbocycles. The number of carbonyl (C=O) groups excluding carboxylic acids is 2. The minimum absolute atomic E-state index is 0.0727. The van der Waals surface area contributed by atoms with E-state index in [1.54, 1.807) is 14.0 Å². The van der Waals surface area contributed by atoms with Crippen LogP contribution < -0.4 is 16.4 Å². The fraction of sp³-hybridized carbons (Fsp3) is 0.733. The van der Waals surface area contributed by atoms with E-state index in [0.717, 1.165) is 6.42 Å². The van der Waals surface area contributed by atoms with E-state index in [9.17, 15) is 9.59 Å². The summed E-state index contributed by atoms with van der Waals surface area (Å²) in [6.07, 6.45) is 1.79. The predicted molar refractivity (Wildman–Crippen MR) is 82.0 cm³/mol. The van der Waals surface area contributed by atoms with Crippen molar-refractivity contribution in [3.8, 4) is 0 Å². The van der Waals surface area contributed by atoms with Gasteiger partial charge in [0.2, 0.25) is 0 Å². The molecule has 0 aromatic carbocycles. The van der Waals surface area contributed by atoms with Gasteiger partial charge >= 0.3 is 0 Å². The lowest BCUT2D eigenvalue weighted by molar-refractivity contribution is -0.128. The van der Waals surface area contributed by atoms with Gasteiger partial charge in [-0.05, 0) is 32.7 Å². The summed E-state index contributed by atoms with van der Waals surface area (Å²) in [7, 11) is 1.78. The highest BCUT2D eigenvalue weighted by Crippen LogP contribution is 2.16. The number of rotatable bonds is 11. The van der Waals surface area contributed by atoms with Crippen molar-refractivity contribution in [3.05, 3.63) is 12.4 Å². The second-order valence-corrected chi connectivity index (χ2v) is 5.58. The lowest BCUT2D eigenvalue weighted by atomic mass is 9.88. The van der Waals surface area contributed by atoms with Gasteiger partial charge in [-0.2, -0.15) is 0 Å². The molecule has 0 heterocycles. The quantitative estimate of drug-likeness (QED) is 0.496. The van der Waals surface area contributed by atoms with Gasteiger partial charge in [0.05, 0.1) is 11.9 Å². The first kappa shape index (κ1) is 18.6. The molecule has 2 atom stereocenters. The molecule has 0 fully saturated rings. The topological polar surface area (TPSA) is 84.2 Å². The number of nitrogens with one attached hydrogen (secondary N) is 2. The Bertz CT molecular complexity index is 340. The number of carbonyl (C=O) groups is 2. The van der Waals surface area contributed by atoms with Crippen molar-refractivity contribution < 1.29 is 9.59 Å². The Hall–Kier alpha value is -1.36. The average molecular weight is 283 g/mol. The van der Waals surface area contributed by atoms with Crippen molar-refractivity contribution in [2.45, 2.75) is 46.1 Å². The lowest BCUT2D eigenvalue weighted by Crippen LogP contribution is -2.40. The van der Waals surface area contributed by atoms with Gasteiger partial charge in [-0.3, -0.25) is 9.59 Å². The first-order chi connectivity index (χ1) is 9.29. The van der Waals surface area contributed by atoms with Crippen molar-refractivity contribution in [1.82, 2.24) is 10.6 Å². The van der Waals surface area contributed by atoms with Crippen molar-refractivity contribution in [3.63, 3.8) is 0 Å². The zero-order valence-electron chi connectivity index (χ0n) is 13.2. The summed E-state index contributed by atoms with van der Waals surface area (Å²) in [5, 5.41) is 5.95. The summed E-state index contributed by atoms with van der Waals surface area (Å²) in [5.41, 5.74) is 5.41. The van der Waals surface area contributed by atoms with Crippen LogP contribution in [0.3, 0.4) is 0 Å². The molecular formula is C15H29N3O2. The van der Waals surface area contributed by atoms with Gasteiger partial charge in [0.15, 0.2) is 5.78 Å². The highest BCUT2D eigenvalue weighted by atomic mass is 16.1. The van der Waals surface area contributed by atoms with E-state index < -0.39 is 0 Å². The van der Waals surface area contributed by atoms with Gasteiger partial charge in [-0.25, -0.2) is 0 Å². The summed E-state index contributed by atoms with van der Waals surface area (Å²) in [6, 6.07) is -0.182. The minimum Gasteiger partial charge on any atom is -0.386 e. The first-order valence-corrected chi connectivity index (χ1v) is 7.18. The molecular weight excluding hydrogens is 254 g/mol. The smallest absolute Gasteiger partial charge is 0.150 e. The average Bonchev–Trinajstić information content (AvgIpc) is 2.32. The maximum absolute atomic E-state index is 12.2. The van der Waals surface area contributed by atoms with Gasteiger partial charge < -0.3 is 16.4 Å². The minimum atomic E-state index is -0.204. The maximum Gasteiger partial charge on any atom is 0.150 e. The van der Waals surface area contributed by atoms with Crippen LogP contribution in [0.1, 0.15) is 40.0 Å². The molecule has 20 heavy (non-hydrogen) atoms. The molecule has 0 radical (unpaired) electrons. The SMILES string of the molecule is C=C(N)NCCC[C@H](CC(=O)[C@@H](NC)C(C)C)C(C)=O. The molecule has 0 aromatic heterocycles. The molecule has 0 rings (SSSR count). The number of ketones is 2. The normalized spacial score (nSPS) is 13.8. The molecule has 5 heteroatoms. The number of nitrogens with two attached hydrogens (primary N) is 1. The van der Waals surface area contributed by atoms with Crippen LogP contribution in [0.2, 0.25) is 0 Å². The molecule has 5 nitrogen and oxygen atoms in total. The Morgan fingerprint density at radius 3 is 2.30 bits per heavy atom. The van der Waals surface area contributed by atoms with E-state index in [1.165, 1.54) is 0 Å².